The lowest BCUT2D eigenvalue weighted by atomic mass is 10.2. The summed E-state index contributed by atoms with van der Waals surface area (Å²) >= 11 is 5.74. The maximum absolute atomic E-state index is 11.7. The number of nitrogens with two attached hydrogens (primary N) is 1. The summed E-state index contributed by atoms with van der Waals surface area (Å²) in [6, 6.07) is 3.31. The van der Waals surface area contributed by atoms with Crippen LogP contribution < -0.4 is 11.1 Å². The molecule has 0 spiro atoms. The maximum Gasteiger partial charge on any atom is 0.337 e. The molecule has 0 heterocycles. The molecule has 0 radical (unpaired) electrons. The molecule has 0 fully saturated rings. The van der Waals surface area contributed by atoms with Crippen LogP contribution in [0.2, 0.25) is 5.02 Å². The van der Waals surface area contributed by atoms with E-state index in [1.54, 1.807) is 0 Å². The topological polar surface area (TPSA) is 113 Å². The largest absolute Gasteiger partial charge is 0.478 e. The van der Waals surface area contributed by atoms with E-state index in [1.807, 2.05) is 0 Å². The van der Waals surface area contributed by atoms with E-state index in [-0.39, 0.29) is 22.8 Å². The summed E-state index contributed by atoms with van der Waals surface area (Å²) in [5.41, 5.74) is 4.89. The van der Waals surface area contributed by atoms with Crippen molar-refractivity contribution < 1.29 is 19.5 Å². The number of likely N-dealkylation sites (N-methyl/N-ethyl adjacent to an activating group) is 1. The first kappa shape index (κ1) is 14.8. The molecule has 0 bridgehead atoms. The van der Waals surface area contributed by atoms with Crippen molar-refractivity contribution in [1.29, 1.82) is 0 Å². The number of nitrogens with one attached hydrogen (secondary N) is 1. The Morgan fingerprint density at radius 3 is 2.58 bits per heavy atom. The summed E-state index contributed by atoms with van der Waals surface area (Å²) < 4.78 is 0. The highest BCUT2D eigenvalue weighted by molar-refractivity contribution is 6.31. The van der Waals surface area contributed by atoms with Gasteiger partial charge in [-0.1, -0.05) is 11.6 Å². The lowest BCUT2D eigenvalue weighted by molar-refractivity contribution is -0.118. The highest BCUT2D eigenvalue weighted by Crippen LogP contribution is 2.21. The number of rotatable bonds is 4. The normalized spacial score (nSPS) is 9.79. The third kappa shape index (κ3) is 4.14. The third-order valence-electron chi connectivity index (χ3n) is 2.19. The zero-order valence-corrected chi connectivity index (χ0v) is 10.8. The Hall–Kier alpha value is -2.28. The summed E-state index contributed by atoms with van der Waals surface area (Å²) in [5.74, 6) is -1.88. The number of benzene rings is 1. The minimum Gasteiger partial charge on any atom is -0.478 e. The van der Waals surface area contributed by atoms with Crippen molar-refractivity contribution in [2.45, 2.75) is 0 Å². The molecule has 1 aromatic rings. The third-order valence-corrected chi connectivity index (χ3v) is 2.43. The van der Waals surface area contributed by atoms with Gasteiger partial charge >= 0.3 is 12.0 Å². The van der Waals surface area contributed by atoms with E-state index in [2.05, 4.69) is 5.32 Å². The van der Waals surface area contributed by atoms with Crippen molar-refractivity contribution in [2.24, 2.45) is 5.73 Å². The highest BCUT2D eigenvalue weighted by atomic mass is 35.5. The predicted octanol–water partition coefficient (Wildman–Crippen LogP) is 0.987. The van der Waals surface area contributed by atoms with E-state index in [0.29, 0.717) is 0 Å². The molecule has 1 rings (SSSR count). The Labute approximate surface area is 113 Å². The van der Waals surface area contributed by atoms with Crippen LogP contribution in [-0.2, 0) is 4.79 Å². The fourth-order valence-corrected chi connectivity index (χ4v) is 1.49. The number of carbonyl (C=O) groups is 3. The number of aromatic carboxylic acids is 1. The highest BCUT2D eigenvalue weighted by Gasteiger charge is 2.16. The number of nitrogens with zero attached hydrogens (tertiary/aromatic N) is 1. The van der Waals surface area contributed by atoms with E-state index in [9.17, 15) is 14.4 Å². The number of halogens is 1. The molecule has 4 N–H and O–H groups in total. The van der Waals surface area contributed by atoms with Crippen LogP contribution in [0.15, 0.2) is 18.2 Å². The van der Waals surface area contributed by atoms with E-state index in [1.165, 1.54) is 25.2 Å². The molecular weight excluding hydrogens is 274 g/mol. The molecule has 0 saturated heterocycles. The van der Waals surface area contributed by atoms with E-state index < -0.39 is 17.9 Å². The molecule has 19 heavy (non-hydrogen) atoms. The summed E-state index contributed by atoms with van der Waals surface area (Å²) in [6.45, 7) is -0.283. The predicted molar refractivity (Wildman–Crippen MR) is 69.3 cm³/mol. The van der Waals surface area contributed by atoms with Gasteiger partial charge < -0.3 is 21.1 Å². The zero-order chi connectivity index (χ0) is 14.6. The van der Waals surface area contributed by atoms with Gasteiger partial charge in [0.2, 0.25) is 5.91 Å². The van der Waals surface area contributed by atoms with Crippen molar-refractivity contribution in [3.05, 3.63) is 28.8 Å². The van der Waals surface area contributed by atoms with E-state index >= 15 is 0 Å². The maximum atomic E-state index is 11.7. The van der Waals surface area contributed by atoms with Crippen molar-refractivity contribution in [2.75, 3.05) is 18.9 Å². The van der Waals surface area contributed by atoms with Crippen LogP contribution in [0.4, 0.5) is 10.5 Å². The summed E-state index contributed by atoms with van der Waals surface area (Å²) in [5, 5.41) is 11.6. The van der Waals surface area contributed by atoms with Gasteiger partial charge in [0.05, 0.1) is 11.3 Å². The minimum absolute atomic E-state index is 0.0429. The second-order valence-electron chi connectivity index (χ2n) is 3.75. The van der Waals surface area contributed by atoms with Crippen LogP contribution in [0.25, 0.3) is 0 Å². The van der Waals surface area contributed by atoms with Crippen molar-refractivity contribution in [3.8, 4) is 0 Å². The molecule has 8 heteroatoms. The summed E-state index contributed by atoms with van der Waals surface area (Å²) in [6.07, 6.45) is 0. The zero-order valence-electron chi connectivity index (χ0n) is 10.0. The number of hydrogen-bond acceptors (Lipinski definition) is 3. The number of carboxylic acid groups (broad SMARTS) is 1. The lowest BCUT2D eigenvalue weighted by Crippen LogP contribution is -2.38. The minimum atomic E-state index is -1.20. The van der Waals surface area contributed by atoms with E-state index in [0.717, 1.165) is 4.90 Å². The van der Waals surface area contributed by atoms with Crippen LogP contribution in [-0.4, -0.2) is 41.5 Å². The number of anilines is 1. The second kappa shape index (κ2) is 6.05. The van der Waals surface area contributed by atoms with Gasteiger partial charge in [0.15, 0.2) is 0 Å². The quantitative estimate of drug-likeness (QED) is 0.765. The van der Waals surface area contributed by atoms with Gasteiger partial charge in [-0.15, -0.1) is 0 Å². The number of hydrogen-bond donors (Lipinski definition) is 3. The average molecular weight is 286 g/mol. The molecule has 102 valence electrons. The SMILES string of the molecule is CN(CC(N)=O)C(=O)Nc1cc(Cl)ccc1C(=O)O. The number of carboxylic acids is 1. The number of amides is 3. The summed E-state index contributed by atoms with van der Waals surface area (Å²) in [7, 11) is 1.35. The van der Waals surface area contributed by atoms with Gasteiger partial charge in [0.25, 0.3) is 0 Å². The molecule has 0 saturated carbocycles. The van der Waals surface area contributed by atoms with Crippen molar-refractivity contribution in [3.63, 3.8) is 0 Å². The lowest BCUT2D eigenvalue weighted by Gasteiger charge is -2.17. The molecule has 1 aromatic carbocycles. The molecule has 0 aliphatic rings. The van der Waals surface area contributed by atoms with Gasteiger partial charge in [-0.05, 0) is 18.2 Å². The van der Waals surface area contributed by atoms with Crippen LogP contribution >= 0.6 is 11.6 Å². The van der Waals surface area contributed by atoms with Gasteiger partial charge in [-0.2, -0.15) is 0 Å². The first-order chi connectivity index (χ1) is 8.81. The number of urea groups is 1. The van der Waals surface area contributed by atoms with E-state index in [4.69, 9.17) is 22.4 Å². The Morgan fingerprint density at radius 1 is 1.42 bits per heavy atom. The molecular formula is C11H12ClN3O4. The molecule has 7 nitrogen and oxygen atoms in total. The molecule has 0 aromatic heterocycles. The van der Waals surface area contributed by atoms with Crippen LogP contribution in [0, 0.1) is 0 Å². The molecule has 0 aliphatic heterocycles. The van der Waals surface area contributed by atoms with Gasteiger partial charge in [0.1, 0.15) is 6.54 Å². The molecule has 0 aliphatic carbocycles. The van der Waals surface area contributed by atoms with Crippen molar-refractivity contribution >= 4 is 35.2 Å². The summed E-state index contributed by atoms with van der Waals surface area (Å²) in [4.78, 5) is 34.4. The first-order valence-corrected chi connectivity index (χ1v) is 5.52. The first-order valence-electron chi connectivity index (χ1n) is 5.14. The van der Waals surface area contributed by atoms with Crippen molar-refractivity contribution in [1.82, 2.24) is 4.90 Å². The molecule has 0 unspecified atom stereocenters. The smallest absolute Gasteiger partial charge is 0.337 e. The fourth-order valence-electron chi connectivity index (χ4n) is 1.32. The molecule has 0 atom stereocenters. The van der Waals surface area contributed by atoms with Crippen LogP contribution in [0.3, 0.4) is 0 Å². The monoisotopic (exact) mass is 285 g/mol. The Balaban J connectivity index is 2.92. The van der Waals surface area contributed by atoms with Crippen LogP contribution in [0.1, 0.15) is 10.4 Å². The van der Waals surface area contributed by atoms with Gasteiger partial charge in [0, 0.05) is 12.1 Å². The Bertz CT molecular complexity index is 533. The molecule has 3 amide bonds. The second-order valence-corrected chi connectivity index (χ2v) is 4.18. The number of primary amides is 1. The Kier molecular flexibility index (Phi) is 4.71. The van der Waals surface area contributed by atoms with Crippen LogP contribution in [0.5, 0.6) is 0 Å². The fraction of sp³-hybridized carbons (Fsp3) is 0.182. The number of carbonyl (C=O) groups excluding carboxylic acids is 2. The van der Waals surface area contributed by atoms with Gasteiger partial charge in [-0.3, -0.25) is 4.79 Å². The average Bonchev–Trinajstić information content (AvgIpc) is 2.27. The standard InChI is InChI=1S/C11H12ClN3O4/c1-15(5-9(13)16)11(19)14-8-4-6(12)2-3-7(8)10(17)18/h2-4H,5H2,1H3,(H2,13,16)(H,14,19)(H,17,18). The van der Waals surface area contributed by atoms with Gasteiger partial charge in [-0.25, -0.2) is 9.59 Å². The Morgan fingerprint density at radius 2 is 2.05 bits per heavy atom.